The number of aliphatic hydroxyl groups is 1. The molecule has 0 aromatic heterocycles. The predicted molar refractivity (Wildman–Crippen MR) is 184 cm³/mol. The summed E-state index contributed by atoms with van der Waals surface area (Å²) in [6.45, 7) is 7.04. The Morgan fingerprint density at radius 2 is 1.71 bits per heavy atom. The SMILES string of the molecule is C[C@@H]1CN([C@@H](C)CO)C(=O)c2cc(NC(=O)Nc3ccccc3)ccc2O[C@@H](C)CCCCO[C@H]1CN(C)Cc1ccc(C(F)(F)F)cc1. The highest BCUT2D eigenvalue weighted by atomic mass is 19.4. The van der Waals surface area contributed by atoms with Crippen molar-refractivity contribution in [2.75, 3.05) is 44.0 Å². The van der Waals surface area contributed by atoms with E-state index in [-0.39, 0.29) is 42.7 Å². The van der Waals surface area contributed by atoms with Crippen LogP contribution in [0.3, 0.4) is 0 Å². The number of amides is 3. The van der Waals surface area contributed by atoms with Crippen LogP contribution in [0.25, 0.3) is 0 Å². The third-order valence-corrected chi connectivity index (χ3v) is 8.57. The fourth-order valence-corrected chi connectivity index (χ4v) is 5.76. The minimum absolute atomic E-state index is 0.183. The van der Waals surface area contributed by atoms with E-state index < -0.39 is 23.8 Å². The van der Waals surface area contributed by atoms with E-state index in [9.17, 15) is 27.9 Å². The summed E-state index contributed by atoms with van der Waals surface area (Å²) < 4.78 is 51.8. The number of ether oxygens (including phenoxy) is 2. The molecule has 0 saturated carbocycles. The van der Waals surface area contributed by atoms with Crippen LogP contribution in [0.5, 0.6) is 5.75 Å². The highest BCUT2D eigenvalue weighted by Crippen LogP contribution is 2.30. The lowest BCUT2D eigenvalue weighted by atomic mass is 10.0. The molecular weight excluding hydrogens is 637 g/mol. The highest BCUT2D eigenvalue weighted by molar-refractivity contribution is 6.02. The van der Waals surface area contributed by atoms with Crippen molar-refractivity contribution in [3.8, 4) is 5.75 Å². The molecule has 9 nitrogen and oxygen atoms in total. The molecule has 0 unspecified atom stereocenters. The summed E-state index contributed by atoms with van der Waals surface area (Å²) in [5, 5.41) is 15.8. The van der Waals surface area contributed by atoms with Crippen molar-refractivity contribution >= 4 is 23.3 Å². The zero-order chi connectivity index (χ0) is 35.6. The van der Waals surface area contributed by atoms with Gasteiger partial charge in [-0.05, 0) is 88.2 Å². The number of rotatable bonds is 8. The minimum Gasteiger partial charge on any atom is -0.490 e. The first-order valence-electron chi connectivity index (χ1n) is 16.7. The molecule has 3 aromatic carbocycles. The molecule has 3 amide bonds. The van der Waals surface area contributed by atoms with E-state index in [0.29, 0.717) is 36.8 Å². The van der Waals surface area contributed by atoms with E-state index in [1.54, 1.807) is 42.2 Å². The first kappa shape index (κ1) is 37.7. The van der Waals surface area contributed by atoms with Gasteiger partial charge in [-0.25, -0.2) is 4.79 Å². The molecule has 0 aliphatic carbocycles. The number of alkyl halides is 3. The molecule has 49 heavy (non-hydrogen) atoms. The van der Waals surface area contributed by atoms with Crippen LogP contribution in [0.2, 0.25) is 0 Å². The van der Waals surface area contributed by atoms with Crippen LogP contribution in [0.15, 0.2) is 72.8 Å². The number of fused-ring (bicyclic) bond motifs is 1. The number of likely N-dealkylation sites (N-methyl/N-ethyl adjacent to an activating group) is 1. The summed E-state index contributed by atoms with van der Waals surface area (Å²) in [5.74, 6) is -0.163. The smallest absolute Gasteiger partial charge is 0.416 e. The van der Waals surface area contributed by atoms with Gasteiger partial charge in [-0.1, -0.05) is 37.3 Å². The molecule has 0 saturated heterocycles. The Hall–Kier alpha value is -4.13. The third kappa shape index (κ3) is 11.2. The number of benzene rings is 3. The molecule has 0 spiro atoms. The Morgan fingerprint density at radius 1 is 1.02 bits per heavy atom. The number of hydrogen-bond acceptors (Lipinski definition) is 6. The number of para-hydroxylation sites is 1. The van der Waals surface area contributed by atoms with Gasteiger partial charge in [0.25, 0.3) is 5.91 Å². The summed E-state index contributed by atoms with van der Waals surface area (Å²) in [6, 6.07) is 18.1. The fourth-order valence-electron chi connectivity index (χ4n) is 5.76. The van der Waals surface area contributed by atoms with Crippen molar-refractivity contribution in [2.24, 2.45) is 5.92 Å². The standard InChI is InChI=1S/C37H47F3N4O5/c1-25-21-44(26(2)24-45)35(46)32-20-31(42-36(47)41-30-11-6-5-7-12-30)17-18-33(32)49-27(3)10-8-9-19-48-34(25)23-43(4)22-28-13-15-29(16-14-28)37(38,39)40/h5-7,11-18,20,25-27,34,45H,8-10,19,21-24H2,1-4H3,(H2,41,42,47)/t25-,26+,27+,34+/m1/s1. The molecule has 3 aromatic rings. The monoisotopic (exact) mass is 684 g/mol. The van der Waals surface area contributed by atoms with Crippen LogP contribution in [-0.4, -0.2) is 78.4 Å². The molecule has 4 rings (SSSR count). The Labute approximate surface area is 286 Å². The second-order valence-electron chi connectivity index (χ2n) is 12.8. The quantitative estimate of drug-likeness (QED) is 0.231. The van der Waals surface area contributed by atoms with Gasteiger partial charge in [-0.3, -0.25) is 9.69 Å². The highest BCUT2D eigenvalue weighted by Gasteiger charge is 2.32. The van der Waals surface area contributed by atoms with Crippen molar-refractivity contribution in [3.63, 3.8) is 0 Å². The average molecular weight is 685 g/mol. The normalized spacial score (nSPS) is 20.1. The maximum absolute atomic E-state index is 14.3. The van der Waals surface area contributed by atoms with Crippen LogP contribution in [0, 0.1) is 5.92 Å². The van der Waals surface area contributed by atoms with Crippen LogP contribution in [-0.2, 0) is 17.5 Å². The number of carbonyl (C=O) groups excluding carboxylic acids is 2. The maximum Gasteiger partial charge on any atom is 0.416 e. The molecule has 0 fully saturated rings. The summed E-state index contributed by atoms with van der Waals surface area (Å²) in [7, 11) is 1.89. The van der Waals surface area contributed by atoms with Gasteiger partial charge in [0.2, 0.25) is 0 Å². The summed E-state index contributed by atoms with van der Waals surface area (Å²) >= 11 is 0. The number of carbonyl (C=O) groups is 2. The zero-order valence-corrected chi connectivity index (χ0v) is 28.5. The molecular formula is C37H47F3N4O5. The zero-order valence-electron chi connectivity index (χ0n) is 28.5. The van der Waals surface area contributed by atoms with Crippen LogP contribution < -0.4 is 15.4 Å². The van der Waals surface area contributed by atoms with Crippen LogP contribution in [0.1, 0.15) is 61.5 Å². The number of nitrogens with one attached hydrogen (secondary N) is 2. The van der Waals surface area contributed by atoms with E-state index in [1.165, 1.54) is 12.1 Å². The Morgan fingerprint density at radius 3 is 2.39 bits per heavy atom. The number of aliphatic hydroxyl groups excluding tert-OH is 1. The van der Waals surface area contributed by atoms with Crippen molar-refractivity contribution in [3.05, 3.63) is 89.5 Å². The van der Waals surface area contributed by atoms with Crippen molar-refractivity contribution in [2.45, 2.75) is 71.0 Å². The number of halogens is 3. The minimum atomic E-state index is -4.40. The number of nitrogens with zero attached hydrogens (tertiary/aromatic N) is 2. The summed E-state index contributed by atoms with van der Waals surface area (Å²) in [4.78, 5) is 30.7. The van der Waals surface area contributed by atoms with E-state index in [0.717, 1.165) is 37.0 Å². The molecule has 12 heteroatoms. The van der Waals surface area contributed by atoms with E-state index in [4.69, 9.17) is 9.47 Å². The van der Waals surface area contributed by atoms with Crippen LogP contribution >= 0.6 is 0 Å². The second kappa shape index (κ2) is 17.5. The number of hydrogen-bond donors (Lipinski definition) is 3. The molecule has 0 bridgehead atoms. The summed E-state index contributed by atoms with van der Waals surface area (Å²) in [5.41, 5.74) is 1.32. The average Bonchev–Trinajstić information content (AvgIpc) is 3.06. The lowest BCUT2D eigenvalue weighted by molar-refractivity contribution is -0.137. The molecule has 0 radical (unpaired) electrons. The molecule has 3 N–H and O–H groups in total. The predicted octanol–water partition coefficient (Wildman–Crippen LogP) is 7.28. The van der Waals surface area contributed by atoms with Gasteiger partial charge in [0, 0.05) is 43.5 Å². The molecule has 4 atom stereocenters. The van der Waals surface area contributed by atoms with Crippen molar-refractivity contribution in [1.29, 1.82) is 0 Å². The van der Waals surface area contributed by atoms with Crippen molar-refractivity contribution < 1.29 is 37.3 Å². The molecule has 266 valence electrons. The van der Waals surface area contributed by atoms with E-state index in [1.807, 2.05) is 44.0 Å². The van der Waals surface area contributed by atoms with Gasteiger partial charge < -0.3 is 30.1 Å². The fraction of sp³-hybridized carbons (Fsp3) is 0.459. The largest absolute Gasteiger partial charge is 0.490 e. The van der Waals surface area contributed by atoms with Gasteiger partial charge >= 0.3 is 12.2 Å². The second-order valence-corrected chi connectivity index (χ2v) is 12.8. The van der Waals surface area contributed by atoms with Gasteiger partial charge in [-0.2, -0.15) is 13.2 Å². The lowest BCUT2D eigenvalue weighted by Gasteiger charge is -2.36. The van der Waals surface area contributed by atoms with Gasteiger partial charge in [-0.15, -0.1) is 0 Å². The lowest BCUT2D eigenvalue weighted by Crippen LogP contribution is -2.47. The van der Waals surface area contributed by atoms with E-state index in [2.05, 4.69) is 10.6 Å². The van der Waals surface area contributed by atoms with Crippen molar-refractivity contribution in [1.82, 2.24) is 9.80 Å². The molecule has 1 aliphatic heterocycles. The Kier molecular flexibility index (Phi) is 13.5. The first-order valence-corrected chi connectivity index (χ1v) is 16.7. The molecule has 1 heterocycles. The third-order valence-electron chi connectivity index (χ3n) is 8.57. The maximum atomic E-state index is 14.3. The van der Waals surface area contributed by atoms with Gasteiger partial charge in [0.05, 0.1) is 36.0 Å². The topological polar surface area (TPSA) is 103 Å². The van der Waals surface area contributed by atoms with E-state index >= 15 is 0 Å². The Bertz CT molecular complexity index is 1510. The Balaban J connectivity index is 1.56. The summed E-state index contributed by atoms with van der Waals surface area (Å²) in [6.07, 6.45) is -2.56. The molecule has 1 aliphatic rings. The number of anilines is 2. The van der Waals surface area contributed by atoms with Crippen LogP contribution in [0.4, 0.5) is 29.3 Å². The first-order chi connectivity index (χ1) is 23.3. The van der Waals surface area contributed by atoms with Gasteiger partial charge in [0.1, 0.15) is 5.75 Å². The van der Waals surface area contributed by atoms with Gasteiger partial charge in [0.15, 0.2) is 0 Å². The number of urea groups is 1.